The van der Waals surface area contributed by atoms with Crippen LogP contribution in [0.5, 0.6) is 0 Å². The lowest BCUT2D eigenvalue weighted by Gasteiger charge is -2.18. The highest BCUT2D eigenvalue weighted by atomic mass is 32.2. The minimum Gasteiger partial charge on any atom is -0.355 e. The number of rotatable bonds is 2. The van der Waals surface area contributed by atoms with Gasteiger partial charge in [-0.05, 0) is 20.3 Å². The number of aryl methyl sites for hydroxylation is 2. The summed E-state index contributed by atoms with van der Waals surface area (Å²) in [5.74, 6) is -0.269. The summed E-state index contributed by atoms with van der Waals surface area (Å²) in [6.45, 7) is 4.00. The Morgan fingerprint density at radius 3 is 2.67 bits per heavy atom. The Kier molecular flexibility index (Phi) is 3.40. The predicted octanol–water partition coefficient (Wildman–Crippen LogP) is -0.463. The van der Waals surface area contributed by atoms with Gasteiger partial charge in [-0.1, -0.05) is 0 Å². The van der Waals surface area contributed by atoms with E-state index in [1.54, 1.807) is 13.8 Å². The van der Waals surface area contributed by atoms with E-state index in [1.165, 1.54) is 4.31 Å². The van der Waals surface area contributed by atoms with Gasteiger partial charge in [0.1, 0.15) is 4.90 Å². The molecule has 0 unspecified atom stereocenters. The number of hydrogen-bond donors (Lipinski definition) is 2. The summed E-state index contributed by atoms with van der Waals surface area (Å²) in [6, 6.07) is 0. The van der Waals surface area contributed by atoms with Gasteiger partial charge in [0.05, 0.1) is 17.9 Å². The van der Waals surface area contributed by atoms with Gasteiger partial charge in [0.25, 0.3) is 0 Å². The highest BCUT2D eigenvalue weighted by Crippen LogP contribution is 2.22. The molecule has 7 nitrogen and oxygen atoms in total. The van der Waals surface area contributed by atoms with E-state index in [0.717, 1.165) is 0 Å². The van der Waals surface area contributed by atoms with Crippen molar-refractivity contribution in [2.75, 3.05) is 19.6 Å². The van der Waals surface area contributed by atoms with Crippen LogP contribution in [0.1, 0.15) is 17.8 Å². The smallest absolute Gasteiger partial charge is 0.247 e. The number of aromatic nitrogens is 2. The average Bonchev–Trinajstić information content (AvgIpc) is 2.51. The maximum atomic E-state index is 12.5. The molecule has 1 aromatic heterocycles. The molecule has 0 spiro atoms. The molecule has 0 atom stereocenters. The van der Waals surface area contributed by atoms with E-state index in [2.05, 4.69) is 15.5 Å². The molecule has 1 fully saturated rings. The Hall–Kier alpha value is -1.41. The van der Waals surface area contributed by atoms with Crippen LogP contribution in [0.4, 0.5) is 0 Å². The van der Waals surface area contributed by atoms with Crippen molar-refractivity contribution in [3.8, 4) is 0 Å². The van der Waals surface area contributed by atoms with Gasteiger partial charge in [0.15, 0.2) is 0 Å². The summed E-state index contributed by atoms with van der Waals surface area (Å²) in [6.07, 6.45) is 0.612. The zero-order valence-corrected chi connectivity index (χ0v) is 11.2. The number of sulfonamides is 1. The molecule has 0 radical (unpaired) electrons. The number of carbonyl (C=O) groups excluding carboxylic acids is 1. The standard InChI is InChI=1S/C10H16N4O3S/c1-7-10(8(2)13-12-7)18(16,17)14-5-3-4-11-9(15)6-14/h3-6H2,1-2H3,(H,11,15)(H,12,13). The topological polar surface area (TPSA) is 95.2 Å². The number of nitrogens with one attached hydrogen (secondary N) is 2. The Bertz CT molecular complexity index is 544. The average molecular weight is 272 g/mol. The highest BCUT2D eigenvalue weighted by Gasteiger charge is 2.31. The molecular weight excluding hydrogens is 256 g/mol. The lowest BCUT2D eigenvalue weighted by Crippen LogP contribution is -2.37. The lowest BCUT2D eigenvalue weighted by atomic mass is 10.4. The van der Waals surface area contributed by atoms with Gasteiger partial charge in [-0.3, -0.25) is 9.89 Å². The molecule has 18 heavy (non-hydrogen) atoms. The largest absolute Gasteiger partial charge is 0.355 e. The molecule has 2 rings (SSSR count). The van der Waals surface area contributed by atoms with Crippen LogP contribution in [0.3, 0.4) is 0 Å². The van der Waals surface area contributed by atoms with Crippen molar-refractivity contribution < 1.29 is 13.2 Å². The number of nitrogens with zero attached hydrogens (tertiary/aromatic N) is 2. The quantitative estimate of drug-likeness (QED) is 0.761. The van der Waals surface area contributed by atoms with E-state index in [1.807, 2.05) is 0 Å². The van der Waals surface area contributed by atoms with E-state index in [0.29, 0.717) is 30.9 Å². The first-order valence-corrected chi connectivity index (χ1v) is 7.15. The van der Waals surface area contributed by atoms with Crippen molar-refractivity contribution in [2.24, 2.45) is 0 Å². The first-order valence-electron chi connectivity index (χ1n) is 5.71. The summed E-state index contributed by atoms with van der Waals surface area (Å²) in [5.41, 5.74) is 0.925. The maximum absolute atomic E-state index is 12.5. The maximum Gasteiger partial charge on any atom is 0.247 e. The number of aromatic amines is 1. The van der Waals surface area contributed by atoms with E-state index in [9.17, 15) is 13.2 Å². The molecule has 1 aliphatic heterocycles. The first-order chi connectivity index (χ1) is 8.43. The summed E-state index contributed by atoms with van der Waals surface area (Å²) >= 11 is 0. The Labute approximate surface area is 106 Å². The first kappa shape index (κ1) is 13.0. The van der Waals surface area contributed by atoms with Gasteiger partial charge >= 0.3 is 0 Å². The van der Waals surface area contributed by atoms with Crippen molar-refractivity contribution in [3.05, 3.63) is 11.4 Å². The molecule has 1 aromatic rings. The summed E-state index contributed by atoms with van der Waals surface area (Å²) in [5, 5.41) is 9.19. The second-order valence-corrected chi connectivity index (χ2v) is 6.18. The van der Waals surface area contributed by atoms with E-state index >= 15 is 0 Å². The molecule has 0 aliphatic carbocycles. The summed E-state index contributed by atoms with van der Waals surface area (Å²) < 4.78 is 26.2. The van der Waals surface area contributed by atoms with E-state index in [-0.39, 0.29) is 17.3 Å². The Balaban J connectivity index is 2.39. The number of hydrogen-bond acceptors (Lipinski definition) is 4. The fraction of sp³-hybridized carbons (Fsp3) is 0.600. The third kappa shape index (κ3) is 2.25. The van der Waals surface area contributed by atoms with Crippen LogP contribution in [0.15, 0.2) is 4.90 Å². The van der Waals surface area contributed by atoms with Gasteiger partial charge in [0, 0.05) is 13.1 Å². The third-order valence-corrected chi connectivity index (χ3v) is 4.99. The van der Waals surface area contributed by atoms with Crippen LogP contribution in [0.2, 0.25) is 0 Å². The highest BCUT2D eigenvalue weighted by molar-refractivity contribution is 7.89. The van der Waals surface area contributed by atoms with E-state index < -0.39 is 10.0 Å². The molecule has 100 valence electrons. The monoisotopic (exact) mass is 272 g/mol. The Morgan fingerprint density at radius 2 is 2.06 bits per heavy atom. The molecule has 2 N–H and O–H groups in total. The molecule has 1 amide bonds. The third-order valence-electron chi connectivity index (χ3n) is 2.88. The van der Waals surface area contributed by atoms with Crippen molar-refractivity contribution in [3.63, 3.8) is 0 Å². The minimum absolute atomic E-state index is 0.133. The molecule has 0 bridgehead atoms. The van der Waals surface area contributed by atoms with Crippen molar-refractivity contribution in [2.45, 2.75) is 25.2 Å². The molecule has 1 aliphatic rings. The summed E-state index contributed by atoms with van der Waals surface area (Å²) in [4.78, 5) is 11.6. The van der Waals surface area contributed by atoms with E-state index in [4.69, 9.17) is 0 Å². The second kappa shape index (κ2) is 4.69. The zero-order chi connectivity index (χ0) is 13.3. The number of H-pyrrole nitrogens is 1. The SMILES string of the molecule is Cc1n[nH]c(C)c1S(=O)(=O)N1CCCNC(=O)C1. The molecule has 0 saturated carbocycles. The van der Waals surface area contributed by atoms with Crippen LogP contribution < -0.4 is 5.32 Å². The normalized spacial score (nSPS) is 18.4. The zero-order valence-electron chi connectivity index (χ0n) is 10.4. The van der Waals surface area contributed by atoms with Gasteiger partial charge in [-0.25, -0.2) is 8.42 Å². The van der Waals surface area contributed by atoms with Crippen LogP contribution in [-0.4, -0.2) is 48.5 Å². The van der Waals surface area contributed by atoms with Crippen molar-refractivity contribution >= 4 is 15.9 Å². The predicted molar refractivity (Wildman–Crippen MR) is 64.4 cm³/mol. The molecule has 1 saturated heterocycles. The van der Waals surface area contributed by atoms with Crippen LogP contribution in [-0.2, 0) is 14.8 Å². The van der Waals surface area contributed by atoms with Gasteiger partial charge < -0.3 is 5.32 Å². The minimum atomic E-state index is -3.66. The number of carbonyl (C=O) groups is 1. The molecular formula is C10H16N4O3S. The molecule has 0 aromatic carbocycles. The number of amides is 1. The Morgan fingerprint density at radius 1 is 1.33 bits per heavy atom. The van der Waals surface area contributed by atoms with Crippen LogP contribution >= 0.6 is 0 Å². The fourth-order valence-electron chi connectivity index (χ4n) is 2.03. The summed E-state index contributed by atoms with van der Waals surface area (Å²) in [7, 11) is -3.66. The van der Waals surface area contributed by atoms with Crippen molar-refractivity contribution in [1.29, 1.82) is 0 Å². The van der Waals surface area contributed by atoms with Crippen molar-refractivity contribution in [1.82, 2.24) is 19.8 Å². The van der Waals surface area contributed by atoms with Gasteiger partial charge in [-0.15, -0.1) is 0 Å². The fourth-order valence-corrected chi connectivity index (χ4v) is 3.80. The lowest BCUT2D eigenvalue weighted by molar-refractivity contribution is -0.120. The molecule has 8 heteroatoms. The van der Waals surface area contributed by atoms with Gasteiger partial charge in [-0.2, -0.15) is 9.40 Å². The second-order valence-electron chi connectivity index (χ2n) is 4.31. The van der Waals surface area contributed by atoms with Crippen LogP contribution in [0.25, 0.3) is 0 Å². The molecule has 2 heterocycles. The van der Waals surface area contributed by atoms with Gasteiger partial charge in [0.2, 0.25) is 15.9 Å². The van der Waals surface area contributed by atoms with Crippen LogP contribution in [0, 0.1) is 13.8 Å².